The number of methoxy groups -OCH3 is 1. The highest BCUT2D eigenvalue weighted by atomic mass is 16.5. The molecule has 0 saturated carbocycles. The van der Waals surface area contributed by atoms with Gasteiger partial charge in [0.2, 0.25) is 0 Å². The van der Waals surface area contributed by atoms with Gasteiger partial charge in [-0.25, -0.2) is 4.79 Å². The smallest absolute Gasteiger partial charge is 0.343 e. The van der Waals surface area contributed by atoms with Gasteiger partial charge in [-0.3, -0.25) is 4.99 Å². The molecule has 140 valence electrons. The summed E-state index contributed by atoms with van der Waals surface area (Å²) < 4.78 is 4.73. The molecule has 0 heterocycles. The molecule has 5 nitrogen and oxygen atoms in total. The van der Waals surface area contributed by atoms with Gasteiger partial charge < -0.3 is 14.9 Å². The van der Waals surface area contributed by atoms with Gasteiger partial charge in [-0.05, 0) is 52.7 Å². The van der Waals surface area contributed by atoms with Crippen LogP contribution in [0.4, 0.5) is 5.69 Å². The first kappa shape index (κ1) is 18.9. The fourth-order valence-electron chi connectivity index (χ4n) is 2.59. The van der Waals surface area contributed by atoms with Crippen molar-refractivity contribution in [2.24, 2.45) is 4.99 Å². The van der Waals surface area contributed by atoms with Crippen LogP contribution in [0.25, 0.3) is 16.8 Å². The Morgan fingerprint density at radius 2 is 1.71 bits per heavy atom. The normalized spacial score (nSPS) is 12.5. The molecule has 0 aromatic heterocycles. The molecule has 3 rings (SSSR count). The molecule has 5 heteroatoms. The lowest BCUT2D eigenvalue weighted by Crippen LogP contribution is -2.08. The fraction of sp³-hybridized carbons (Fsp3) is 0.0435. The van der Waals surface area contributed by atoms with Crippen molar-refractivity contribution in [2.75, 3.05) is 7.11 Å². The largest absolute Gasteiger partial charge is 0.508 e. The monoisotopic (exact) mass is 373 g/mol. The second kappa shape index (κ2) is 8.68. The molecule has 0 unspecified atom stereocenters. The van der Waals surface area contributed by atoms with Crippen LogP contribution in [0.2, 0.25) is 0 Å². The van der Waals surface area contributed by atoms with Crippen LogP contribution < -0.4 is 0 Å². The van der Waals surface area contributed by atoms with E-state index in [4.69, 9.17) is 4.74 Å². The number of fused-ring (bicyclic) bond motifs is 1. The van der Waals surface area contributed by atoms with Crippen LogP contribution in [-0.4, -0.2) is 29.5 Å². The van der Waals surface area contributed by atoms with E-state index >= 15 is 0 Å². The Labute approximate surface area is 162 Å². The number of phenols is 1. The van der Waals surface area contributed by atoms with Crippen molar-refractivity contribution in [2.45, 2.75) is 0 Å². The zero-order valence-electron chi connectivity index (χ0n) is 15.2. The average Bonchev–Trinajstić information content (AvgIpc) is 2.73. The molecule has 0 spiro atoms. The van der Waals surface area contributed by atoms with Gasteiger partial charge in [0.25, 0.3) is 0 Å². The molecule has 3 aromatic rings. The third kappa shape index (κ3) is 4.65. The number of aliphatic hydroxyl groups excluding tert-OH is 1. The number of aromatic hydroxyl groups is 1. The number of rotatable bonds is 5. The van der Waals surface area contributed by atoms with Crippen molar-refractivity contribution < 1.29 is 19.7 Å². The number of carbonyl (C=O) groups excluding carboxylic acids is 1. The Morgan fingerprint density at radius 1 is 1.00 bits per heavy atom. The van der Waals surface area contributed by atoms with Gasteiger partial charge in [-0.2, -0.15) is 0 Å². The van der Waals surface area contributed by atoms with E-state index in [0.717, 1.165) is 16.3 Å². The van der Waals surface area contributed by atoms with E-state index in [1.165, 1.54) is 31.5 Å². The van der Waals surface area contributed by atoms with Crippen molar-refractivity contribution in [3.63, 3.8) is 0 Å². The van der Waals surface area contributed by atoms with Crippen molar-refractivity contribution in [1.82, 2.24) is 0 Å². The maximum absolute atomic E-state index is 12.0. The molecule has 0 saturated heterocycles. The zero-order chi connectivity index (χ0) is 19.9. The highest BCUT2D eigenvalue weighted by Gasteiger charge is 2.12. The highest BCUT2D eigenvalue weighted by Crippen LogP contribution is 2.19. The first-order valence-corrected chi connectivity index (χ1v) is 8.58. The molecule has 0 bridgehead atoms. The van der Waals surface area contributed by atoms with Crippen molar-refractivity contribution >= 4 is 34.7 Å². The molecule has 0 amide bonds. The van der Waals surface area contributed by atoms with Gasteiger partial charge >= 0.3 is 5.97 Å². The minimum Gasteiger partial charge on any atom is -0.508 e. The van der Waals surface area contributed by atoms with Gasteiger partial charge in [0, 0.05) is 6.21 Å². The topological polar surface area (TPSA) is 79.1 Å². The molecule has 28 heavy (non-hydrogen) atoms. The van der Waals surface area contributed by atoms with Crippen LogP contribution in [-0.2, 0) is 9.53 Å². The predicted octanol–water partition coefficient (Wildman–Crippen LogP) is 4.95. The summed E-state index contributed by atoms with van der Waals surface area (Å²) in [4.78, 5) is 16.2. The third-order valence-electron chi connectivity index (χ3n) is 4.08. The SMILES string of the molecule is COC(=O)C(C=Nc1ccc(O)cc1)=C(O)/C=C\c1ccc2ccccc2c1. The van der Waals surface area contributed by atoms with E-state index < -0.39 is 5.97 Å². The maximum atomic E-state index is 12.0. The number of phenolic OH excluding ortho intramolecular Hbond substituents is 1. The summed E-state index contributed by atoms with van der Waals surface area (Å²) in [6, 6.07) is 20.0. The number of nitrogens with zero attached hydrogens (tertiary/aromatic N) is 1. The Bertz CT molecular complexity index is 1080. The number of aliphatic imine (C=N–C) groups is 1. The van der Waals surface area contributed by atoms with Crippen LogP contribution in [0.15, 0.2) is 89.1 Å². The summed E-state index contributed by atoms with van der Waals surface area (Å²) in [5, 5.41) is 21.9. The van der Waals surface area contributed by atoms with Crippen molar-refractivity contribution in [3.8, 4) is 5.75 Å². The molecular formula is C23H19NO4. The Morgan fingerprint density at radius 3 is 2.43 bits per heavy atom. The highest BCUT2D eigenvalue weighted by molar-refractivity contribution is 6.10. The minimum atomic E-state index is -0.705. The number of esters is 1. The Balaban J connectivity index is 1.88. The summed E-state index contributed by atoms with van der Waals surface area (Å²) in [6.07, 6.45) is 4.37. The van der Waals surface area contributed by atoms with Crippen LogP contribution in [0.1, 0.15) is 5.56 Å². The second-order valence-electron chi connectivity index (χ2n) is 6.01. The lowest BCUT2D eigenvalue weighted by atomic mass is 10.1. The fourth-order valence-corrected chi connectivity index (χ4v) is 2.59. The van der Waals surface area contributed by atoms with Gasteiger partial charge in [0.15, 0.2) is 0 Å². The van der Waals surface area contributed by atoms with Crippen LogP contribution in [0.5, 0.6) is 5.75 Å². The summed E-state index contributed by atoms with van der Waals surface area (Å²) in [6.45, 7) is 0. The summed E-state index contributed by atoms with van der Waals surface area (Å²) in [7, 11) is 1.23. The van der Waals surface area contributed by atoms with E-state index in [1.807, 2.05) is 42.5 Å². The Kier molecular flexibility index (Phi) is 5.87. The molecule has 0 aliphatic rings. The Hall–Kier alpha value is -3.86. The standard InChI is InChI=1S/C23H19NO4/c1-28-23(27)21(15-24-19-9-11-20(25)12-10-19)22(26)13-7-16-6-8-17-4-2-3-5-18(17)14-16/h2-15,25-26H,1H3/b13-7-,22-21?,24-15?. The summed E-state index contributed by atoms with van der Waals surface area (Å²) in [5.74, 6) is -0.852. The van der Waals surface area contributed by atoms with Crippen LogP contribution in [0, 0.1) is 0 Å². The molecule has 3 aromatic carbocycles. The molecule has 2 N–H and O–H groups in total. The molecule has 0 fully saturated rings. The number of allylic oxidation sites excluding steroid dienone is 1. The number of hydrogen-bond donors (Lipinski definition) is 2. The predicted molar refractivity (Wildman–Crippen MR) is 111 cm³/mol. The number of aliphatic hydroxyl groups is 1. The number of benzene rings is 3. The van der Waals surface area contributed by atoms with Gasteiger partial charge in [0.05, 0.1) is 12.8 Å². The molecule has 0 aliphatic carbocycles. The minimum absolute atomic E-state index is 0.0763. The van der Waals surface area contributed by atoms with Gasteiger partial charge in [-0.1, -0.05) is 42.5 Å². The third-order valence-corrected chi connectivity index (χ3v) is 4.08. The molecule has 0 atom stereocenters. The first-order chi connectivity index (χ1) is 13.6. The maximum Gasteiger partial charge on any atom is 0.343 e. The molecule has 0 radical (unpaired) electrons. The average molecular weight is 373 g/mol. The molecular weight excluding hydrogens is 354 g/mol. The number of carbonyl (C=O) groups is 1. The number of ether oxygens (including phenoxy) is 1. The van der Waals surface area contributed by atoms with Gasteiger partial charge in [0.1, 0.15) is 17.1 Å². The quantitative estimate of drug-likeness (QED) is 0.218. The van der Waals surface area contributed by atoms with E-state index in [-0.39, 0.29) is 17.1 Å². The molecule has 0 aliphatic heterocycles. The number of hydrogen-bond acceptors (Lipinski definition) is 5. The zero-order valence-corrected chi connectivity index (χ0v) is 15.2. The van der Waals surface area contributed by atoms with E-state index in [1.54, 1.807) is 18.2 Å². The van der Waals surface area contributed by atoms with E-state index in [2.05, 4.69) is 4.99 Å². The van der Waals surface area contributed by atoms with Crippen LogP contribution in [0.3, 0.4) is 0 Å². The second-order valence-corrected chi connectivity index (χ2v) is 6.01. The first-order valence-electron chi connectivity index (χ1n) is 8.58. The lowest BCUT2D eigenvalue weighted by molar-refractivity contribution is -0.135. The van der Waals surface area contributed by atoms with Gasteiger partial charge in [-0.15, -0.1) is 0 Å². The summed E-state index contributed by atoms with van der Waals surface area (Å²) in [5.41, 5.74) is 1.32. The summed E-state index contributed by atoms with van der Waals surface area (Å²) >= 11 is 0. The van der Waals surface area contributed by atoms with E-state index in [9.17, 15) is 15.0 Å². The van der Waals surface area contributed by atoms with Crippen molar-refractivity contribution in [1.29, 1.82) is 0 Å². The van der Waals surface area contributed by atoms with Crippen molar-refractivity contribution in [3.05, 3.63) is 89.7 Å². The lowest BCUT2D eigenvalue weighted by Gasteiger charge is -2.03. The van der Waals surface area contributed by atoms with Crippen LogP contribution >= 0.6 is 0 Å². The van der Waals surface area contributed by atoms with E-state index in [0.29, 0.717) is 5.69 Å².